The third-order valence-corrected chi connectivity index (χ3v) is 4.81. The predicted molar refractivity (Wildman–Crippen MR) is 79.2 cm³/mol. The summed E-state index contributed by atoms with van der Waals surface area (Å²) in [6.45, 7) is 3.22. The van der Waals surface area contributed by atoms with Crippen LogP contribution in [0.1, 0.15) is 36.2 Å². The molecule has 1 spiro atoms. The van der Waals surface area contributed by atoms with E-state index in [1.54, 1.807) is 13.3 Å². The molecule has 0 aromatic carbocycles. The first-order chi connectivity index (χ1) is 10.2. The van der Waals surface area contributed by atoms with E-state index in [0.717, 1.165) is 52.0 Å². The van der Waals surface area contributed by atoms with Crippen LogP contribution >= 0.6 is 0 Å². The largest absolute Gasteiger partial charge is 0.385 e. The lowest BCUT2D eigenvalue weighted by molar-refractivity contribution is -0.0392. The van der Waals surface area contributed by atoms with E-state index in [0.29, 0.717) is 11.6 Å². The van der Waals surface area contributed by atoms with Crippen LogP contribution in [0.3, 0.4) is 0 Å². The molecule has 0 bridgehead atoms. The maximum atomic E-state index is 12.3. The van der Waals surface area contributed by atoms with Gasteiger partial charge in [-0.25, -0.2) is 0 Å². The highest BCUT2D eigenvalue weighted by Crippen LogP contribution is 2.39. The van der Waals surface area contributed by atoms with Gasteiger partial charge in [-0.3, -0.25) is 4.79 Å². The summed E-state index contributed by atoms with van der Waals surface area (Å²) in [5, 5.41) is 0. The molecule has 0 radical (unpaired) electrons. The Kier molecular flexibility index (Phi) is 4.31. The lowest BCUT2D eigenvalue weighted by Crippen LogP contribution is -2.46. The maximum absolute atomic E-state index is 12.3. The monoisotopic (exact) mass is 292 g/mol. The molecule has 1 aromatic rings. The van der Waals surface area contributed by atoms with Crippen molar-refractivity contribution in [2.45, 2.75) is 31.3 Å². The number of aromatic nitrogens is 1. The zero-order chi connectivity index (χ0) is 14.7. The lowest BCUT2D eigenvalue weighted by Gasteiger charge is -2.38. The second-order valence-electron chi connectivity index (χ2n) is 6.22. The van der Waals surface area contributed by atoms with Gasteiger partial charge in [-0.15, -0.1) is 0 Å². The number of nitrogens with zero attached hydrogens (tertiary/aromatic N) is 1. The highest BCUT2D eigenvalue weighted by atomic mass is 16.5. The van der Waals surface area contributed by atoms with Gasteiger partial charge >= 0.3 is 0 Å². The molecule has 1 amide bonds. The summed E-state index contributed by atoms with van der Waals surface area (Å²) in [5.74, 6) is 0.708. The number of H-pyrrole nitrogens is 1. The predicted octanol–water partition coefficient (Wildman–Crippen LogP) is 2.06. The van der Waals surface area contributed by atoms with Crippen molar-refractivity contribution in [1.82, 2.24) is 9.88 Å². The van der Waals surface area contributed by atoms with Crippen LogP contribution in [0.15, 0.2) is 18.3 Å². The molecule has 3 rings (SSSR count). The van der Waals surface area contributed by atoms with Crippen molar-refractivity contribution in [2.24, 2.45) is 5.92 Å². The maximum Gasteiger partial charge on any atom is 0.270 e. The molecule has 5 heteroatoms. The molecule has 1 N–H and O–H groups in total. The highest BCUT2D eigenvalue weighted by molar-refractivity contribution is 5.92. The van der Waals surface area contributed by atoms with Crippen molar-refractivity contribution < 1.29 is 14.3 Å². The summed E-state index contributed by atoms with van der Waals surface area (Å²) >= 11 is 0. The number of likely N-dealkylation sites (tertiary alicyclic amines) is 1. The van der Waals surface area contributed by atoms with Gasteiger partial charge in [-0.2, -0.15) is 0 Å². The van der Waals surface area contributed by atoms with E-state index in [2.05, 4.69) is 4.98 Å². The summed E-state index contributed by atoms with van der Waals surface area (Å²) < 4.78 is 11.3. The molecule has 2 fully saturated rings. The van der Waals surface area contributed by atoms with Crippen molar-refractivity contribution in [1.29, 1.82) is 0 Å². The number of hydrogen-bond donors (Lipinski definition) is 1. The summed E-state index contributed by atoms with van der Waals surface area (Å²) in [6, 6.07) is 3.69. The van der Waals surface area contributed by atoms with Gasteiger partial charge in [0.25, 0.3) is 5.91 Å². The number of ether oxygens (including phenoxy) is 2. The lowest BCUT2D eigenvalue weighted by atomic mass is 9.84. The van der Waals surface area contributed by atoms with Crippen molar-refractivity contribution >= 4 is 5.91 Å². The van der Waals surface area contributed by atoms with Gasteiger partial charge in [-0.05, 0) is 43.7 Å². The third kappa shape index (κ3) is 3.14. The average molecular weight is 292 g/mol. The van der Waals surface area contributed by atoms with Gasteiger partial charge in [0, 0.05) is 33.0 Å². The molecule has 5 nitrogen and oxygen atoms in total. The number of rotatable bonds is 4. The highest BCUT2D eigenvalue weighted by Gasteiger charge is 2.43. The van der Waals surface area contributed by atoms with Crippen LogP contribution in [0.5, 0.6) is 0 Å². The van der Waals surface area contributed by atoms with Crippen molar-refractivity contribution in [3.05, 3.63) is 24.0 Å². The molecule has 1 aromatic heterocycles. The Hall–Kier alpha value is -1.33. The standard InChI is InChI=1S/C16H24N2O3/c1-20-10-4-13-11-16(21-12-13)5-8-18(9-6-16)15(19)14-3-2-7-17-14/h2-3,7,13,17H,4-6,8-12H2,1H3. The molecule has 1 unspecified atom stereocenters. The minimum atomic E-state index is 0.00488. The number of carbonyl (C=O) groups is 1. The second kappa shape index (κ2) is 6.20. The second-order valence-corrected chi connectivity index (χ2v) is 6.22. The fourth-order valence-corrected chi connectivity index (χ4v) is 3.51. The van der Waals surface area contributed by atoms with Crippen LogP contribution < -0.4 is 0 Å². The molecule has 2 aliphatic rings. The number of hydrogen-bond acceptors (Lipinski definition) is 3. The van der Waals surface area contributed by atoms with Crippen LogP contribution in [-0.4, -0.2) is 54.8 Å². The van der Waals surface area contributed by atoms with Gasteiger partial charge in [-0.1, -0.05) is 0 Å². The van der Waals surface area contributed by atoms with E-state index in [1.165, 1.54) is 0 Å². The molecule has 3 heterocycles. The van der Waals surface area contributed by atoms with E-state index in [1.807, 2.05) is 17.0 Å². The Balaban J connectivity index is 1.52. The fourth-order valence-electron chi connectivity index (χ4n) is 3.51. The third-order valence-electron chi connectivity index (χ3n) is 4.81. The van der Waals surface area contributed by atoms with E-state index in [9.17, 15) is 4.79 Å². The number of amides is 1. The molecule has 0 saturated carbocycles. The van der Waals surface area contributed by atoms with Gasteiger partial charge in [0.15, 0.2) is 0 Å². The van der Waals surface area contributed by atoms with E-state index < -0.39 is 0 Å². The number of aromatic amines is 1. The van der Waals surface area contributed by atoms with E-state index in [-0.39, 0.29) is 11.5 Å². The Morgan fingerprint density at radius 2 is 2.33 bits per heavy atom. The van der Waals surface area contributed by atoms with Crippen molar-refractivity contribution in [2.75, 3.05) is 33.4 Å². The van der Waals surface area contributed by atoms with Crippen LogP contribution in [0.4, 0.5) is 0 Å². The molecule has 2 saturated heterocycles. The number of nitrogens with one attached hydrogen (secondary N) is 1. The first-order valence-corrected chi connectivity index (χ1v) is 7.78. The number of carbonyl (C=O) groups excluding carboxylic acids is 1. The number of methoxy groups -OCH3 is 1. The number of piperidine rings is 1. The average Bonchev–Trinajstić information content (AvgIpc) is 3.16. The molecule has 0 aliphatic carbocycles. The fraction of sp³-hybridized carbons (Fsp3) is 0.688. The zero-order valence-corrected chi connectivity index (χ0v) is 12.6. The summed E-state index contributed by atoms with van der Waals surface area (Å²) in [7, 11) is 1.75. The molecular formula is C16H24N2O3. The Morgan fingerprint density at radius 3 is 3.00 bits per heavy atom. The minimum Gasteiger partial charge on any atom is -0.385 e. The molecule has 1 atom stereocenters. The van der Waals surface area contributed by atoms with Crippen LogP contribution in [0.2, 0.25) is 0 Å². The normalized spacial score (nSPS) is 24.6. The summed E-state index contributed by atoms with van der Waals surface area (Å²) in [6.07, 6.45) is 5.87. The van der Waals surface area contributed by atoms with Gasteiger partial charge in [0.05, 0.1) is 12.2 Å². The van der Waals surface area contributed by atoms with E-state index >= 15 is 0 Å². The summed E-state index contributed by atoms with van der Waals surface area (Å²) in [4.78, 5) is 17.2. The van der Waals surface area contributed by atoms with Crippen molar-refractivity contribution in [3.8, 4) is 0 Å². The van der Waals surface area contributed by atoms with E-state index in [4.69, 9.17) is 9.47 Å². The van der Waals surface area contributed by atoms with Gasteiger partial charge < -0.3 is 19.4 Å². The first-order valence-electron chi connectivity index (χ1n) is 7.78. The Morgan fingerprint density at radius 1 is 1.52 bits per heavy atom. The Bertz CT molecular complexity index is 464. The quantitative estimate of drug-likeness (QED) is 0.924. The first kappa shape index (κ1) is 14.6. The molecule has 116 valence electrons. The zero-order valence-electron chi connectivity index (χ0n) is 12.6. The molecular weight excluding hydrogens is 268 g/mol. The van der Waals surface area contributed by atoms with Crippen LogP contribution in [-0.2, 0) is 9.47 Å². The van der Waals surface area contributed by atoms with Crippen LogP contribution in [0.25, 0.3) is 0 Å². The molecule has 2 aliphatic heterocycles. The Labute approximate surface area is 125 Å². The van der Waals surface area contributed by atoms with Gasteiger partial charge in [0.1, 0.15) is 5.69 Å². The smallest absolute Gasteiger partial charge is 0.270 e. The topological polar surface area (TPSA) is 54.6 Å². The van der Waals surface area contributed by atoms with Crippen LogP contribution in [0, 0.1) is 5.92 Å². The SMILES string of the molecule is COCCC1COC2(CCN(C(=O)c3ccc[nH]3)CC2)C1. The van der Waals surface area contributed by atoms with Crippen molar-refractivity contribution in [3.63, 3.8) is 0 Å². The summed E-state index contributed by atoms with van der Waals surface area (Å²) in [5.41, 5.74) is 0.682. The molecule has 21 heavy (non-hydrogen) atoms. The minimum absolute atomic E-state index is 0.00488. The van der Waals surface area contributed by atoms with Gasteiger partial charge in [0.2, 0.25) is 0 Å².